The van der Waals surface area contributed by atoms with E-state index in [1.54, 1.807) is 12.1 Å². The minimum absolute atomic E-state index is 0.154. The Morgan fingerprint density at radius 1 is 0.667 bits per heavy atom. The van der Waals surface area contributed by atoms with Crippen molar-refractivity contribution in [2.45, 2.75) is 0 Å². The first kappa shape index (κ1) is 22.6. The average Bonchev–Trinajstić information content (AvgIpc) is 3.54. The van der Waals surface area contributed by atoms with E-state index in [-0.39, 0.29) is 29.7 Å². The van der Waals surface area contributed by atoms with Crippen LogP contribution in [0.15, 0.2) is 164 Å². The minimum atomic E-state index is -0.420. The zero-order valence-electron chi connectivity index (χ0n) is 29.7. The molecule has 45 heavy (non-hydrogen) atoms. The first-order valence-corrected chi connectivity index (χ1v) is 14.7. The summed E-state index contributed by atoms with van der Waals surface area (Å²) in [7, 11) is 0. The summed E-state index contributed by atoms with van der Waals surface area (Å²) in [5.41, 5.74) is 9.27. The molecule has 0 spiro atoms. The van der Waals surface area contributed by atoms with Crippen molar-refractivity contribution in [3.05, 3.63) is 176 Å². The van der Waals surface area contributed by atoms with E-state index in [4.69, 9.17) is 11.3 Å². The van der Waals surface area contributed by atoms with Crippen LogP contribution in [0.2, 0.25) is 0 Å². The van der Waals surface area contributed by atoms with Crippen LogP contribution < -0.4 is 0 Å². The van der Waals surface area contributed by atoms with Crippen molar-refractivity contribution in [2.75, 3.05) is 0 Å². The van der Waals surface area contributed by atoms with E-state index in [0.29, 0.717) is 5.56 Å². The van der Waals surface area contributed by atoms with E-state index in [9.17, 15) is 0 Å². The molecule has 0 amide bonds. The average molecular weight is 582 g/mol. The molecule has 1 nitrogen and oxygen atoms in total. The first-order chi connectivity index (χ1) is 24.2. The van der Waals surface area contributed by atoms with Crippen molar-refractivity contribution in [3.63, 3.8) is 0 Å². The maximum Gasteiger partial charge on any atom is 0.143 e. The van der Waals surface area contributed by atoms with Gasteiger partial charge in [-0.25, -0.2) is 0 Å². The van der Waals surface area contributed by atoms with Gasteiger partial charge in [-0.3, -0.25) is 0 Å². The molecule has 0 fully saturated rings. The zero-order chi connectivity index (χ0) is 35.3. The lowest BCUT2D eigenvalue weighted by molar-refractivity contribution is 0.668. The maximum absolute atomic E-state index is 8.61. The van der Waals surface area contributed by atoms with Crippen LogP contribution in [0.25, 0.3) is 83.8 Å². The van der Waals surface area contributed by atoms with E-state index in [1.807, 2.05) is 78.9 Å². The number of hydrogen-bond donors (Lipinski definition) is 0. The molecule has 7 aromatic rings. The van der Waals surface area contributed by atoms with Crippen LogP contribution in [-0.2, 0) is 0 Å². The Bertz CT molecular complexity index is 2590. The standard InChI is InChI=1S/C44H32O/c1-5-8-17-29(4)35-26-27-39(43-38-24-14-15-25-40(38)45-44(35)43)42-34(7-3)33(6-2)41(36-22-12-13-23-37(36)42)32-21-16-20-31(28-32)30-18-10-9-11-19-30/h5-28H,1-4H2/b17-8-/i9D,10D,11D,18D,19D. The van der Waals surface area contributed by atoms with Crippen LogP contribution in [0.3, 0.4) is 0 Å². The molecule has 0 N–H and O–H groups in total. The fraction of sp³-hybridized carbons (Fsp3) is 0. The molecular weight excluding hydrogens is 544 g/mol. The Labute approximate surface area is 271 Å². The Kier molecular flexibility index (Phi) is 5.84. The van der Waals surface area contributed by atoms with Gasteiger partial charge in [-0.1, -0.05) is 154 Å². The number of allylic oxidation sites excluding steroid dienone is 4. The third-order valence-corrected chi connectivity index (χ3v) is 8.22. The van der Waals surface area contributed by atoms with E-state index in [2.05, 4.69) is 50.6 Å². The molecule has 0 aliphatic heterocycles. The van der Waals surface area contributed by atoms with Gasteiger partial charge in [0, 0.05) is 16.3 Å². The summed E-state index contributed by atoms with van der Waals surface area (Å²) in [6.45, 7) is 16.7. The molecule has 1 aromatic heterocycles. The highest BCUT2D eigenvalue weighted by Crippen LogP contribution is 2.48. The summed E-state index contributed by atoms with van der Waals surface area (Å²) in [5, 5.41) is 3.89. The highest BCUT2D eigenvalue weighted by Gasteiger charge is 2.23. The molecule has 0 unspecified atom stereocenters. The topological polar surface area (TPSA) is 13.1 Å². The molecule has 214 valence electrons. The predicted molar refractivity (Wildman–Crippen MR) is 196 cm³/mol. The van der Waals surface area contributed by atoms with Crippen molar-refractivity contribution >= 4 is 50.4 Å². The van der Waals surface area contributed by atoms with Gasteiger partial charge in [0.15, 0.2) is 0 Å². The molecule has 0 radical (unpaired) electrons. The number of benzene rings is 6. The molecule has 0 saturated heterocycles. The van der Waals surface area contributed by atoms with Crippen LogP contribution in [0.4, 0.5) is 0 Å². The van der Waals surface area contributed by atoms with Gasteiger partial charge < -0.3 is 4.42 Å². The van der Waals surface area contributed by atoms with Gasteiger partial charge in [0.05, 0.1) is 6.85 Å². The Morgan fingerprint density at radius 2 is 1.33 bits per heavy atom. The van der Waals surface area contributed by atoms with Crippen LogP contribution in [-0.4, -0.2) is 0 Å². The number of rotatable bonds is 8. The lowest BCUT2D eigenvalue weighted by atomic mass is 9.82. The van der Waals surface area contributed by atoms with Crippen molar-refractivity contribution in [2.24, 2.45) is 0 Å². The van der Waals surface area contributed by atoms with Crippen LogP contribution in [0.5, 0.6) is 0 Å². The van der Waals surface area contributed by atoms with Gasteiger partial charge in [0.2, 0.25) is 0 Å². The van der Waals surface area contributed by atoms with Gasteiger partial charge in [0.25, 0.3) is 0 Å². The Morgan fingerprint density at radius 3 is 2.07 bits per heavy atom. The number of hydrogen-bond acceptors (Lipinski definition) is 1. The van der Waals surface area contributed by atoms with Gasteiger partial charge in [-0.2, -0.15) is 0 Å². The summed E-state index contributed by atoms with van der Waals surface area (Å²) in [6.07, 6.45) is 9.18. The monoisotopic (exact) mass is 581 g/mol. The summed E-state index contributed by atoms with van der Waals surface area (Å²) in [6, 6.07) is 26.2. The fourth-order valence-corrected chi connectivity index (χ4v) is 6.29. The highest BCUT2D eigenvalue weighted by molar-refractivity contribution is 6.21. The van der Waals surface area contributed by atoms with Crippen molar-refractivity contribution in [1.82, 2.24) is 0 Å². The lowest BCUT2D eigenvalue weighted by Gasteiger charge is -2.21. The number of para-hydroxylation sites is 1. The maximum atomic E-state index is 8.61. The molecule has 0 saturated carbocycles. The molecule has 7 rings (SSSR count). The summed E-state index contributed by atoms with van der Waals surface area (Å²) in [5.74, 6) is 0. The highest BCUT2D eigenvalue weighted by atomic mass is 16.3. The second kappa shape index (κ2) is 11.6. The van der Waals surface area contributed by atoms with E-state index < -0.39 is 6.04 Å². The third-order valence-electron chi connectivity index (χ3n) is 8.22. The molecule has 0 bridgehead atoms. The summed E-state index contributed by atoms with van der Waals surface area (Å²) >= 11 is 0. The third kappa shape index (κ3) is 4.67. The number of furan rings is 1. The molecule has 1 heterocycles. The fourth-order valence-electron chi connectivity index (χ4n) is 6.29. The molecule has 6 aromatic carbocycles. The van der Waals surface area contributed by atoms with Crippen LogP contribution in [0, 0.1) is 0 Å². The SMILES string of the molecule is [2H]c1c([2H])c([2H])c(-c2cccc(-c3c(C=C)c(C=C)c(-c4ccc(C(=C)/C=C\C=C)c5oc6ccccc6c45)c4ccccc34)c2)c([2H])c1[2H]. The normalized spacial score (nSPS) is 12.9. The van der Waals surface area contributed by atoms with Crippen LogP contribution >= 0.6 is 0 Å². The largest absolute Gasteiger partial charge is 0.455 e. The van der Waals surface area contributed by atoms with E-state index >= 15 is 0 Å². The van der Waals surface area contributed by atoms with Crippen molar-refractivity contribution in [1.29, 1.82) is 0 Å². The Balaban J connectivity index is 1.56. The van der Waals surface area contributed by atoms with Gasteiger partial charge in [-0.15, -0.1) is 0 Å². The molecule has 0 aliphatic carbocycles. The summed E-state index contributed by atoms with van der Waals surface area (Å²) in [4.78, 5) is 0. The minimum Gasteiger partial charge on any atom is -0.455 e. The predicted octanol–water partition coefficient (Wildman–Crippen LogP) is 12.8. The second-order valence-electron chi connectivity index (χ2n) is 10.7. The molecule has 1 heteroatoms. The number of fused-ring (bicyclic) bond motifs is 4. The quantitative estimate of drug-likeness (QED) is 0.163. The summed E-state index contributed by atoms with van der Waals surface area (Å²) < 4.78 is 48.3. The molecule has 0 atom stereocenters. The lowest BCUT2D eigenvalue weighted by Crippen LogP contribution is -1.97. The first-order valence-electron chi connectivity index (χ1n) is 17.2. The van der Waals surface area contributed by atoms with E-state index in [1.165, 1.54) is 0 Å². The van der Waals surface area contributed by atoms with Gasteiger partial charge >= 0.3 is 0 Å². The second-order valence-corrected chi connectivity index (χ2v) is 10.7. The van der Waals surface area contributed by atoms with Crippen molar-refractivity contribution < 1.29 is 11.3 Å². The van der Waals surface area contributed by atoms with E-state index in [0.717, 1.165) is 77.2 Å². The molecule has 0 aliphatic rings. The smallest absolute Gasteiger partial charge is 0.143 e. The molecular formula is C44H32O. The van der Waals surface area contributed by atoms with Gasteiger partial charge in [0.1, 0.15) is 11.2 Å². The van der Waals surface area contributed by atoms with Crippen molar-refractivity contribution in [3.8, 4) is 33.4 Å². The van der Waals surface area contributed by atoms with Gasteiger partial charge in [-0.05, 0) is 79.1 Å². The van der Waals surface area contributed by atoms with Crippen LogP contribution in [0.1, 0.15) is 23.5 Å². The Hall–Kier alpha value is -5.92. The zero-order valence-corrected chi connectivity index (χ0v) is 24.7.